The number of hydrogen-bond donors (Lipinski definition) is 5. The molecular formula is C33H58N2O6. The van der Waals surface area contributed by atoms with E-state index in [1.54, 1.807) is 13.8 Å². The maximum atomic E-state index is 12.7. The maximum absolute atomic E-state index is 12.7. The van der Waals surface area contributed by atoms with Crippen molar-refractivity contribution in [3.05, 3.63) is 0 Å². The van der Waals surface area contributed by atoms with Gasteiger partial charge in [0.1, 0.15) is 12.2 Å². The first-order valence-corrected chi connectivity index (χ1v) is 16.5. The van der Waals surface area contributed by atoms with E-state index < -0.39 is 11.7 Å². The third-order valence-electron chi connectivity index (χ3n) is 14.0. The Hall–Kier alpha value is -0.930. The van der Waals surface area contributed by atoms with E-state index in [4.69, 9.17) is 14.6 Å². The Morgan fingerprint density at radius 1 is 1.00 bits per heavy atom. The van der Waals surface area contributed by atoms with Gasteiger partial charge in [0.05, 0.1) is 23.9 Å². The smallest absolute Gasteiger partial charge is 0.407 e. The minimum atomic E-state index is -1.14. The molecule has 1 amide bonds. The molecule has 41 heavy (non-hydrogen) atoms. The van der Waals surface area contributed by atoms with Crippen molar-refractivity contribution in [2.24, 2.45) is 45.3 Å². The van der Waals surface area contributed by atoms with Crippen LogP contribution in [0.2, 0.25) is 0 Å². The zero-order valence-electron chi connectivity index (χ0n) is 26.2. The summed E-state index contributed by atoms with van der Waals surface area (Å²) in [6.07, 6.45) is 10.7. The predicted molar refractivity (Wildman–Crippen MR) is 158 cm³/mol. The van der Waals surface area contributed by atoms with Crippen LogP contribution in [-0.4, -0.2) is 77.7 Å². The lowest BCUT2D eigenvalue weighted by molar-refractivity contribution is -0.177. The Balaban J connectivity index is 0.00000115. The van der Waals surface area contributed by atoms with Gasteiger partial charge in [0, 0.05) is 27.0 Å². The monoisotopic (exact) mass is 578 g/mol. The van der Waals surface area contributed by atoms with Gasteiger partial charge in [-0.1, -0.05) is 20.8 Å². The summed E-state index contributed by atoms with van der Waals surface area (Å²) in [5, 5.41) is 34.5. The number of ether oxygens (including phenoxy) is 2. The van der Waals surface area contributed by atoms with Crippen LogP contribution >= 0.6 is 0 Å². The van der Waals surface area contributed by atoms with Crippen LogP contribution < -0.4 is 10.6 Å². The standard InChI is InChI=1S/C32H52N2O5.CH4O.H2/c1-28(2)24-9-7-19-21-14-23-20(6-8-22(38-23)26(35)29(3,4)37)30(21,5)12-13-31(19)17-32(24,31)11-10-25(28)39-27(36)34-18-15-33-16-18;1-2;/h18-26,33,35,37H,6-17H2,1-5H3,(H,34,36);2H,1H3;1H/t19?,20?,21?,22?,23?,24?,25-,26-,30?,31-,32?;;/m0../s1. The number of amides is 1. The molecule has 8 heteroatoms. The summed E-state index contributed by atoms with van der Waals surface area (Å²) in [4.78, 5) is 12.7. The van der Waals surface area contributed by atoms with Crippen molar-refractivity contribution >= 4 is 6.09 Å². The van der Waals surface area contributed by atoms with Crippen LogP contribution in [-0.2, 0) is 9.47 Å². The number of carbonyl (C=O) groups excluding carboxylic acids is 1. The van der Waals surface area contributed by atoms with E-state index >= 15 is 0 Å². The predicted octanol–water partition coefficient (Wildman–Crippen LogP) is 4.25. The van der Waals surface area contributed by atoms with Gasteiger partial charge in [-0.05, 0) is 118 Å². The molecule has 2 heterocycles. The van der Waals surface area contributed by atoms with E-state index in [1.165, 1.54) is 38.5 Å². The first-order valence-electron chi connectivity index (χ1n) is 16.5. The number of fused-ring (bicyclic) bond motifs is 4. The van der Waals surface area contributed by atoms with Crippen molar-refractivity contribution in [3.8, 4) is 0 Å². The minimum absolute atomic E-state index is 0. The first kappa shape index (κ1) is 30.1. The molecule has 0 aromatic heterocycles. The van der Waals surface area contributed by atoms with E-state index in [1.807, 2.05) is 0 Å². The van der Waals surface area contributed by atoms with Gasteiger partial charge in [-0.25, -0.2) is 4.79 Å². The second-order valence-corrected chi connectivity index (χ2v) is 16.3. The summed E-state index contributed by atoms with van der Waals surface area (Å²) in [5.41, 5.74) is 0.0625. The average molecular weight is 579 g/mol. The summed E-state index contributed by atoms with van der Waals surface area (Å²) < 4.78 is 12.8. The fraction of sp³-hybridized carbons (Fsp3) is 0.970. The van der Waals surface area contributed by atoms with Crippen LogP contribution in [0.25, 0.3) is 0 Å². The van der Waals surface area contributed by atoms with Crippen molar-refractivity contribution in [1.82, 2.24) is 10.6 Å². The van der Waals surface area contributed by atoms with Crippen LogP contribution in [0.1, 0.15) is 100 Å². The SMILES string of the molecule is CC12CC[C@@]34CC35CC[C@H](OC(=O)NC3CNC3)C(C)(C)C5CCC4C1CC1OC([C@H](O)C(C)(C)O)CCC12.CO.[HH]. The molecule has 236 valence electrons. The Bertz CT molecular complexity index is 1020. The molecular weight excluding hydrogens is 520 g/mol. The van der Waals surface area contributed by atoms with Crippen molar-refractivity contribution in [2.75, 3.05) is 20.2 Å². The van der Waals surface area contributed by atoms with Crippen LogP contribution in [0.15, 0.2) is 0 Å². The fourth-order valence-electron chi connectivity index (χ4n) is 11.9. The third kappa shape index (κ3) is 4.35. The lowest BCUT2D eigenvalue weighted by Crippen LogP contribution is -2.59. The molecule has 2 aliphatic heterocycles. The molecule has 7 fully saturated rings. The van der Waals surface area contributed by atoms with Crippen molar-refractivity contribution in [3.63, 3.8) is 0 Å². The second kappa shape index (κ2) is 10.0. The van der Waals surface area contributed by atoms with Gasteiger partial charge in [-0.15, -0.1) is 0 Å². The van der Waals surface area contributed by atoms with Crippen molar-refractivity contribution in [2.45, 2.75) is 135 Å². The highest BCUT2D eigenvalue weighted by molar-refractivity contribution is 5.68. The van der Waals surface area contributed by atoms with Gasteiger partial charge in [0.2, 0.25) is 0 Å². The number of rotatable bonds is 4. The van der Waals surface area contributed by atoms with Gasteiger partial charge in [-0.2, -0.15) is 0 Å². The van der Waals surface area contributed by atoms with Crippen LogP contribution in [0.4, 0.5) is 4.79 Å². The molecule has 0 radical (unpaired) electrons. The second-order valence-electron chi connectivity index (χ2n) is 16.3. The summed E-state index contributed by atoms with van der Waals surface area (Å²) in [5.74, 6) is 2.65. The van der Waals surface area contributed by atoms with E-state index in [-0.39, 0.29) is 37.3 Å². The molecule has 7 aliphatic rings. The highest BCUT2D eigenvalue weighted by Crippen LogP contribution is 2.87. The van der Waals surface area contributed by atoms with E-state index in [9.17, 15) is 15.0 Å². The van der Waals surface area contributed by atoms with E-state index in [2.05, 4.69) is 31.4 Å². The molecule has 0 bridgehead atoms. The van der Waals surface area contributed by atoms with Crippen LogP contribution in [0, 0.1) is 45.3 Å². The molecule has 0 aromatic carbocycles. The maximum Gasteiger partial charge on any atom is 0.407 e. The normalized spacial score (nSPS) is 48.4. The van der Waals surface area contributed by atoms with Gasteiger partial charge >= 0.3 is 6.09 Å². The number of aliphatic hydroxyl groups is 3. The lowest BCUT2D eigenvalue weighted by Gasteiger charge is -2.59. The highest BCUT2D eigenvalue weighted by atomic mass is 16.6. The summed E-state index contributed by atoms with van der Waals surface area (Å²) in [7, 11) is 1.00. The topological polar surface area (TPSA) is 120 Å². The third-order valence-corrected chi connectivity index (χ3v) is 14.0. The zero-order chi connectivity index (χ0) is 29.6. The number of hydrogen-bond acceptors (Lipinski definition) is 7. The quantitative estimate of drug-likeness (QED) is 0.338. The first-order chi connectivity index (χ1) is 19.3. The number of aliphatic hydroxyl groups excluding tert-OH is 2. The number of nitrogens with one attached hydrogen (secondary N) is 2. The summed E-state index contributed by atoms with van der Waals surface area (Å²) in [6.45, 7) is 12.4. The largest absolute Gasteiger partial charge is 0.446 e. The highest BCUT2D eigenvalue weighted by Gasteiger charge is 2.81. The molecule has 8 nitrogen and oxygen atoms in total. The van der Waals surface area contributed by atoms with E-state index in [0.717, 1.165) is 51.8 Å². The summed E-state index contributed by atoms with van der Waals surface area (Å²) >= 11 is 0. The average Bonchev–Trinajstić information content (AvgIpc) is 3.48. The molecule has 2 saturated heterocycles. The molecule has 7 rings (SSSR count). The van der Waals surface area contributed by atoms with Gasteiger partial charge in [0.15, 0.2) is 0 Å². The Kier molecular flexibility index (Phi) is 7.38. The Morgan fingerprint density at radius 3 is 2.37 bits per heavy atom. The van der Waals surface area contributed by atoms with Gasteiger partial charge in [0.25, 0.3) is 0 Å². The van der Waals surface area contributed by atoms with Crippen LogP contribution in [0.5, 0.6) is 0 Å². The van der Waals surface area contributed by atoms with Crippen LogP contribution in [0.3, 0.4) is 0 Å². The Morgan fingerprint density at radius 2 is 1.71 bits per heavy atom. The van der Waals surface area contributed by atoms with Crippen molar-refractivity contribution in [1.29, 1.82) is 0 Å². The van der Waals surface area contributed by atoms with Gasteiger partial charge in [-0.3, -0.25) is 0 Å². The molecule has 2 spiro atoms. The van der Waals surface area contributed by atoms with E-state index in [0.29, 0.717) is 34.0 Å². The Labute approximate surface area is 248 Å². The molecule has 5 N–H and O–H groups in total. The van der Waals surface area contributed by atoms with Gasteiger partial charge < -0.3 is 35.4 Å². The molecule has 11 atom stereocenters. The fourth-order valence-corrected chi connectivity index (χ4v) is 11.9. The lowest BCUT2D eigenvalue weighted by atomic mass is 9.46. The summed E-state index contributed by atoms with van der Waals surface area (Å²) in [6, 6.07) is 0.210. The molecule has 8 unspecified atom stereocenters. The molecule has 5 saturated carbocycles. The number of alkyl carbamates (subject to hydrolysis) is 1. The van der Waals surface area contributed by atoms with Crippen molar-refractivity contribution < 1.29 is 31.0 Å². The molecule has 5 aliphatic carbocycles. The molecule has 0 aromatic rings. The number of carbonyl (C=O) groups is 1. The minimum Gasteiger partial charge on any atom is -0.446 e. The zero-order valence-corrected chi connectivity index (χ0v) is 26.2.